The second-order valence-electron chi connectivity index (χ2n) is 5.15. The van der Waals surface area contributed by atoms with E-state index < -0.39 is 12.6 Å². The molecule has 1 amide bonds. The number of nitrogens with zero attached hydrogens (tertiary/aromatic N) is 1. The highest BCUT2D eigenvalue weighted by atomic mass is 19.1. The van der Waals surface area contributed by atoms with Gasteiger partial charge in [0, 0.05) is 39.5 Å². The zero-order valence-electron chi connectivity index (χ0n) is 11.9. The molecule has 0 saturated carbocycles. The lowest BCUT2D eigenvalue weighted by Crippen LogP contribution is -2.11. The number of hydrogen-bond acceptors (Lipinski definition) is 2. The molecule has 2 N–H and O–H groups in total. The van der Waals surface area contributed by atoms with Crippen molar-refractivity contribution in [3.8, 4) is 0 Å². The molecule has 0 atom stereocenters. The van der Waals surface area contributed by atoms with E-state index in [0.29, 0.717) is 29.5 Å². The zero-order valence-corrected chi connectivity index (χ0v) is 11.9. The minimum absolute atomic E-state index is 0.384. The summed E-state index contributed by atoms with van der Waals surface area (Å²) in [7, 11) is 0. The van der Waals surface area contributed by atoms with E-state index in [4.69, 9.17) is 5.73 Å². The number of carbonyl (C=O) groups is 2. The van der Waals surface area contributed by atoms with Crippen LogP contribution in [0.15, 0.2) is 36.4 Å². The smallest absolute Gasteiger partial charge is 0.249 e. The third kappa shape index (κ3) is 2.15. The highest BCUT2D eigenvalue weighted by Crippen LogP contribution is 2.32. The fourth-order valence-electron chi connectivity index (χ4n) is 2.90. The van der Waals surface area contributed by atoms with E-state index in [0.717, 1.165) is 22.7 Å². The minimum atomic E-state index is -0.522. The topological polar surface area (TPSA) is 65.1 Å². The molecule has 1 heterocycles. The number of alkyl halides is 1. The first-order valence-electron chi connectivity index (χ1n) is 7.03. The molecule has 0 saturated heterocycles. The third-order valence-corrected chi connectivity index (χ3v) is 3.83. The Morgan fingerprint density at radius 2 is 2.05 bits per heavy atom. The van der Waals surface area contributed by atoms with Crippen molar-refractivity contribution in [2.75, 3.05) is 6.67 Å². The second-order valence-corrected chi connectivity index (χ2v) is 5.15. The van der Waals surface area contributed by atoms with Crippen LogP contribution in [-0.2, 0) is 6.54 Å². The summed E-state index contributed by atoms with van der Waals surface area (Å²) < 4.78 is 14.5. The van der Waals surface area contributed by atoms with E-state index >= 15 is 0 Å². The second kappa shape index (κ2) is 5.60. The summed E-state index contributed by atoms with van der Waals surface area (Å²) in [6.07, 6.45) is 1.15. The molecular formula is C17H15FN2O2. The van der Waals surface area contributed by atoms with E-state index in [1.165, 1.54) is 0 Å². The molecule has 3 aromatic rings. The summed E-state index contributed by atoms with van der Waals surface area (Å²) in [5.74, 6) is -0.522. The number of amides is 1. The standard InChI is InChI=1S/C17H15FN2O2/c18-7-2-8-20-14-6-5-11(10-21)9-13(14)16-12(17(19)22)3-1-4-15(16)20/h1,3-6,9-10H,2,7-8H2,(H2,19,22). The van der Waals surface area contributed by atoms with Gasteiger partial charge in [0.2, 0.25) is 5.91 Å². The number of nitrogens with two attached hydrogens (primary N) is 1. The van der Waals surface area contributed by atoms with Crippen LogP contribution in [0, 0.1) is 0 Å². The van der Waals surface area contributed by atoms with Gasteiger partial charge in [-0.1, -0.05) is 6.07 Å². The van der Waals surface area contributed by atoms with Crippen LogP contribution in [0.25, 0.3) is 21.8 Å². The molecule has 4 nitrogen and oxygen atoms in total. The molecule has 0 fully saturated rings. The zero-order chi connectivity index (χ0) is 15.7. The fourth-order valence-corrected chi connectivity index (χ4v) is 2.90. The predicted molar refractivity (Wildman–Crippen MR) is 83.9 cm³/mol. The maximum Gasteiger partial charge on any atom is 0.249 e. The lowest BCUT2D eigenvalue weighted by Gasteiger charge is -2.06. The van der Waals surface area contributed by atoms with Gasteiger partial charge in [-0.25, -0.2) is 0 Å². The molecule has 5 heteroatoms. The Morgan fingerprint density at radius 3 is 2.73 bits per heavy atom. The van der Waals surface area contributed by atoms with Crippen molar-refractivity contribution in [1.29, 1.82) is 0 Å². The van der Waals surface area contributed by atoms with Gasteiger partial charge < -0.3 is 10.3 Å². The van der Waals surface area contributed by atoms with Crippen LogP contribution < -0.4 is 5.73 Å². The quantitative estimate of drug-likeness (QED) is 0.736. The number of primary amides is 1. The van der Waals surface area contributed by atoms with Gasteiger partial charge in [-0.15, -0.1) is 0 Å². The van der Waals surface area contributed by atoms with Gasteiger partial charge in [-0.05, 0) is 36.8 Å². The van der Waals surface area contributed by atoms with Crippen molar-refractivity contribution in [3.05, 3.63) is 47.5 Å². The van der Waals surface area contributed by atoms with Crippen LogP contribution in [0.3, 0.4) is 0 Å². The first-order chi connectivity index (χ1) is 10.7. The maximum atomic E-state index is 12.6. The van der Waals surface area contributed by atoms with Crippen LogP contribution in [-0.4, -0.2) is 23.4 Å². The first-order valence-corrected chi connectivity index (χ1v) is 7.03. The van der Waals surface area contributed by atoms with Crippen LogP contribution in [0.4, 0.5) is 4.39 Å². The highest BCUT2D eigenvalue weighted by Gasteiger charge is 2.16. The largest absolute Gasteiger partial charge is 0.366 e. The summed E-state index contributed by atoms with van der Waals surface area (Å²) in [5.41, 5.74) is 8.09. The van der Waals surface area contributed by atoms with E-state index in [-0.39, 0.29) is 0 Å². The fraction of sp³-hybridized carbons (Fsp3) is 0.176. The average Bonchev–Trinajstić information content (AvgIpc) is 2.85. The molecule has 3 rings (SSSR count). The Balaban J connectivity index is 2.43. The highest BCUT2D eigenvalue weighted by molar-refractivity contribution is 6.18. The van der Waals surface area contributed by atoms with Gasteiger partial charge in [-0.3, -0.25) is 14.0 Å². The van der Waals surface area contributed by atoms with Crippen LogP contribution in [0.2, 0.25) is 0 Å². The Bertz CT molecular complexity index is 883. The Hall–Kier alpha value is -2.69. The molecule has 112 valence electrons. The Kier molecular flexibility index (Phi) is 3.63. The molecule has 0 radical (unpaired) electrons. The van der Waals surface area contributed by atoms with Crippen LogP contribution >= 0.6 is 0 Å². The van der Waals surface area contributed by atoms with Crippen molar-refractivity contribution >= 4 is 34.0 Å². The monoisotopic (exact) mass is 298 g/mol. The first kappa shape index (κ1) is 14.3. The van der Waals surface area contributed by atoms with E-state index in [1.807, 2.05) is 16.7 Å². The number of carbonyl (C=O) groups excluding carboxylic acids is 2. The van der Waals surface area contributed by atoms with Crippen molar-refractivity contribution in [3.63, 3.8) is 0 Å². The van der Waals surface area contributed by atoms with Gasteiger partial charge >= 0.3 is 0 Å². The molecule has 0 aliphatic carbocycles. The summed E-state index contributed by atoms with van der Waals surface area (Å²) in [4.78, 5) is 22.8. The van der Waals surface area contributed by atoms with Crippen LogP contribution in [0.1, 0.15) is 27.1 Å². The molecule has 22 heavy (non-hydrogen) atoms. The van der Waals surface area contributed by atoms with Gasteiger partial charge in [-0.2, -0.15) is 0 Å². The van der Waals surface area contributed by atoms with Crippen LogP contribution in [0.5, 0.6) is 0 Å². The lowest BCUT2D eigenvalue weighted by molar-refractivity contribution is 0.100. The van der Waals surface area contributed by atoms with Gasteiger partial charge in [0.25, 0.3) is 0 Å². The minimum Gasteiger partial charge on any atom is -0.366 e. The number of aryl methyl sites for hydroxylation is 1. The number of aldehydes is 1. The van der Waals surface area contributed by atoms with E-state index in [2.05, 4.69) is 0 Å². The molecule has 2 aromatic carbocycles. The summed E-state index contributed by atoms with van der Waals surface area (Å²) in [6.45, 7) is 0.0856. The number of halogens is 1. The van der Waals surface area contributed by atoms with Crippen molar-refractivity contribution in [1.82, 2.24) is 4.57 Å². The predicted octanol–water partition coefficient (Wildman–Crippen LogP) is 3.07. The summed E-state index contributed by atoms with van der Waals surface area (Å²) >= 11 is 0. The molecule has 0 bridgehead atoms. The molecule has 0 spiro atoms. The number of aromatic nitrogens is 1. The van der Waals surface area contributed by atoms with Crippen molar-refractivity contribution in [2.45, 2.75) is 13.0 Å². The molecule has 0 unspecified atom stereocenters. The van der Waals surface area contributed by atoms with Crippen molar-refractivity contribution < 1.29 is 14.0 Å². The molecule has 0 aliphatic rings. The van der Waals surface area contributed by atoms with Crippen molar-refractivity contribution in [2.24, 2.45) is 5.73 Å². The van der Waals surface area contributed by atoms with Gasteiger partial charge in [0.05, 0.1) is 6.67 Å². The summed E-state index contributed by atoms with van der Waals surface area (Å²) in [6, 6.07) is 10.6. The molecule has 0 aliphatic heterocycles. The number of benzene rings is 2. The number of rotatable bonds is 5. The number of fused-ring (bicyclic) bond motifs is 3. The Labute approximate surface area is 126 Å². The van der Waals surface area contributed by atoms with Gasteiger partial charge in [0.1, 0.15) is 6.29 Å². The van der Waals surface area contributed by atoms with E-state index in [1.54, 1.807) is 24.3 Å². The third-order valence-electron chi connectivity index (χ3n) is 3.83. The SMILES string of the molecule is NC(=O)c1cccc2c1c1cc(C=O)ccc1n2CCCF. The lowest BCUT2D eigenvalue weighted by atomic mass is 10.0. The maximum absolute atomic E-state index is 12.6. The van der Waals surface area contributed by atoms with E-state index in [9.17, 15) is 14.0 Å². The normalized spacial score (nSPS) is 11.1. The van der Waals surface area contributed by atoms with Gasteiger partial charge in [0.15, 0.2) is 0 Å². The number of hydrogen-bond donors (Lipinski definition) is 1. The molecule has 1 aromatic heterocycles. The summed E-state index contributed by atoms with van der Waals surface area (Å²) in [5, 5.41) is 1.50. The molecular weight excluding hydrogens is 283 g/mol. The average molecular weight is 298 g/mol. The Morgan fingerprint density at radius 1 is 1.23 bits per heavy atom.